The van der Waals surface area contributed by atoms with Crippen LogP contribution in [0, 0.1) is 23.2 Å². The minimum Gasteiger partial charge on any atom is -0.490 e. The molecule has 1 aliphatic heterocycles. The van der Waals surface area contributed by atoms with E-state index in [1.807, 2.05) is 30.3 Å². The summed E-state index contributed by atoms with van der Waals surface area (Å²) in [4.78, 5) is 30.0. The lowest BCUT2D eigenvalue weighted by atomic mass is 9.75. The average Bonchev–Trinajstić information content (AvgIpc) is 3.38. The van der Waals surface area contributed by atoms with Crippen LogP contribution in [0.4, 0.5) is 0 Å². The molecule has 13 heteroatoms. The predicted octanol–water partition coefficient (Wildman–Crippen LogP) is 3.01. The topological polar surface area (TPSA) is 166 Å². The molecule has 4 unspecified atom stereocenters. The molecule has 1 saturated carbocycles. The van der Waals surface area contributed by atoms with Crippen LogP contribution in [-0.4, -0.2) is 81.6 Å². The zero-order valence-corrected chi connectivity index (χ0v) is 26.1. The van der Waals surface area contributed by atoms with Crippen LogP contribution >= 0.6 is 0 Å². The highest BCUT2D eigenvalue weighted by molar-refractivity contribution is 7.89. The van der Waals surface area contributed by atoms with Gasteiger partial charge in [-0.2, -0.15) is 13.7 Å². The standard InChI is InChI=1S/C33H35N5O7S/c1-36-19-31(35-20-36)46(43,44)38(29(33(41)42)15-32(39)40)9-10-45-30-14-26-22(12-23(30)16-34)7-8-28(37-17-24-13-25(24)18-37)27(26)11-21-5-3-2-4-6-21/h2-6,12,14-15,19-20,24-25,27-28H,7-11,13,17-18H2,1H3,(H,39,40)(H,41,42)/b29-15-. The van der Waals surface area contributed by atoms with Crippen molar-refractivity contribution in [2.45, 2.75) is 42.7 Å². The quantitative estimate of drug-likeness (QED) is 0.280. The number of rotatable bonds is 12. The van der Waals surface area contributed by atoms with E-state index in [1.54, 1.807) is 7.05 Å². The van der Waals surface area contributed by atoms with Crippen LogP contribution in [0.2, 0.25) is 0 Å². The summed E-state index contributed by atoms with van der Waals surface area (Å²) in [6.45, 7) is 1.31. The van der Waals surface area contributed by atoms with Gasteiger partial charge in [0, 0.05) is 38.3 Å². The van der Waals surface area contributed by atoms with Crippen LogP contribution in [0.5, 0.6) is 5.75 Å². The summed E-state index contributed by atoms with van der Waals surface area (Å²) in [7, 11) is -3.03. The first-order chi connectivity index (χ1) is 22.0. The van der Waals surface area contributed by atoms with E-state index in [1.165, 1.54) is 29.1 Å². The number of carboxylic acids is 2. The summed E-state index contributed by atoms with van der Waals surface area (Å²) in [5, 5.41) is 28.6. The molecule has 4 atom stereocenters. The first-order valence-electron chi connectivity index (χ1n) is 15.2. The summed E-state index contributed by atoms with van der Waals surface area (Å²) in [5.74, 6) is -1.39. The molecule has 2 heterocycles. The Balaban J connectivity index is 1.30. The van der Waals surface area contributed by atoms with E-state index in [0.29, 0.717) is 16.4 Å². The molecule has 2 fully saturated rings. The van der Waals surface area contributed by atoms with E-state index >= 15 is 0 Å². The van der Waals surface area contributed by atoms with E-state index < -0.39 is 39.2 Å². The number of fused-ring (bicyclic) bond motifs is 2. The van der Waals surface area contributed by atoms with E-state index in [-0.39, 0.29) is 23.8 Å². The Morgan fingerprint density at radius 1 is 1.17 bits per heavy atom. The van der Waals surface area contributed by atoms with Gasteiger partial charge in [0.25, 0.3) is 10.0 Å². The predicted molar refractivity (Wildman–Crippen MR) is 165 cm³/mol. The second kappa shape index (κ2) is 12.6. The third-order valence-corrected chi connectivity index (χ3v) is 10.9. The van der Waals surface area contributed by atoms with Crippen LogP contribution in [0.3, 0.4) is 0 Å². The number of carboxylic acid groups (broad SMARTS) is 2. The molecule has 0 amide bonds. The summed E-state index contributed by atoms with van der Waals surface area (Å²) in [5.41, 5.74) is 2.70. The number of benzene rings is 2. The van der Waals surface area contributed by atoms with Crippen LogP contribution < -0.4 is 4.74 Å². The molecular formula is C33H35N5O7S. The highest BCUT2D eigenvalue weighted by atomic mass is 32.2. The van der Waals surface area contributed by atoms with Gasteiger partial charge in [-0.05, 0) is 66.3 Å². The van der Waals surface area contributed by atoms with Crippen molar-refractivity contribution in [2.75, 3.05) is 26.2 Å². The number of aryl methyl sites for hydroxylation is 2. The molecule has 3 aliphatic rings. The molecular weight excluding hydrogens is 610 g/mol. The number of ether oxygens (including phenoxy) is 1. The third kappa shape index (κ3) is 6.36. The summed E-state index contributed by atoms with van der Waals surface area (Å²) >= 11 is 0. The maximum absolute atomic E-state index is 13.5. The van der Waals surface area contributed by atoms with Gasteiger partial charge in [0.2, 0.25) is 0 Å². The van der Waals surface area contributed by atoms with Gasteiger partial charge in [-0.15, -0.1) is 0 Å². The molecule has 0 radical (unpaired) electrons. The Morgan fingerprint density at radius 2 is 1.91 bits per heavy atom. The minimum absolute atomic E-state index is 0.150. The van der Waals surface area contributed by atoms with Crippen molar-refractivity contribution in [1.29, 1.82) is 5.26 Å². The van der Waals surface area contributed by atoms with Gasteiger partial charge in [-0.1, -0.05) is 30.3 Å². The van der Waals surface area contributed by atoms with Gasteiger partial charge in [-0.3, -0.25) is 9.21 Å². The SMILES string of the molecule is Cn1cnc(S(=O)(=O)N(CCOc2cc3c(cc2C#N)CCC(N2CC4CC4C2)C3Cc2ccccc2)/C(=C\C(=O)O)C(=O)O)c1. The number of nitriles is 1. The van der Waals surface area contributed by atoms with Gasteiger partial charge in [0.05, 0.1) is 24.5 Å². The monoisotopic (exact) mass is 645 g/mol. The lowest BCUT2D eigenvalue weighted by molar-refractivity contribution is -0.136. The van der Waals surface area contributed by atoms with Crippen molar-refractivity contribution >= 4 is 22.0 Å². The molecule has 2 aliphatic carbocycles. The van der Waals surface area contributed by atoms with Crippen molar-refractivity contribution in [3.63, 3.8) is 0 Å². The first kappa shape index (κ1) is 31.3. The molecule has 12 nitrogen and oxygen atoms in total. The molecule has 46 heavy (non-hydrogen) atoms. The molecule has 240 valence electrons. The van der Waals surface area contributed by atoms with Gasteiger partial charge >= 0.3 is 11.9 Å². The molecule has 0 spiro atoms. The normalized spacial score (nSPS) is 22.4. The number of piperidine rings is 1. The fourth-order valence-electron chi connectivity index (χ4n) is 6.98. The molecule has 2 aromatic carbocycles. The van der Waals surface area contributed by atoms with Crippen LogP contribution in [-0.2, 0) is 39.5 Å². The number of carbonyl (C=O) groups is 2. The van der Waals surface area contributed by atoms with Gasteiger partial charge < -0.3 is 19.5 Å². The lowest BCUT2D eigenvalue weighted by Crippen LogP contribution is -2.42. The maximum Gasteiger partial charge on any atom is 0.353 e. The van der Waals surface area contributed by atoms with Gasteiger partial charge in [0.1, 0.15) is 24.1 Å². The second-order valence-corrected chi connectivity index (χ2v) is 14.1. The average molecular weight is 646 g/mol. The lowest BCUT2D eigenvalue weighted by Gasteiger charge is -2.40. The van der Waals surface area contributed by atoms with Crippen molar-refractivity contribution in [3.8, 4) is 11.8 Å². The minimum atomic E-state index is -4.58. The Morgan fingerprint density at radius 3 is 2.54 bits per heavy atom. The largest absolute Gasteiger partial charge is 0.490 e. The van der Waals surface area contributed by atoms with Crippen LogP contribution in [0.25, 0.3) is 0 Å². The number of sulfonamides is 1. The number of nitrogens with zero attached hydrogens (tertiary/aromatic N) is 5. The third-order valence-electron chi connectivity index (χ3n) is 9.25. The van der Waals surface area contributed by atoms with Crippen molar-refractivity contribution in [2.24, 2.45) is 18.9 Å². The van der Waals surface area contributed by atoms with Crippen molar-refractivity contribution < 1.29 is 33.0 Å². The maximum atomic E-state index is 13.5. The van der Waals surface area contributed by atoms with E-state index in [2.05, 4.69) is 28.1 Å². The van der Waals surface area contributed by atoms with E-state index in [4.69, 9.17) is 4.74 Å². The number of likely N-dealkylation sites (tertiary alicyclic amines) is 1. The van der Waals surface area contributed by atoms with Gasteiger partial charge in [-0.25, -0.2) is 14.6 Å². The van der Waals surface area contributed by atoms with Crippen LogP contribution in [0.15, 0.2) is 71.8 Å². The smallest absolute Gasteiger partial charge is 0.353 e. The van der Waals surface area contributed by atoms with Crippen LogP contribution in [0.1, 0.15) is 41.0 Å². The van der Waals surface area contributed by atoms with Crippen molar-refractivity contribution in [3.05, 3.63) is 89.0 Å². The molecule has 0 bridgehead atoms. The zero-order chi connectivity index (χ0) is 32.6. The highest BCUT2D eigenvalue weighted by Gasteiger charge is 2.48. The van der Waals surface area contributed by atoms with Crippen molar-refractivity contribution in [1.82, 2.24) is 18.8 Å². The Kier molecular flexibility index (Phi) is 8.59. The zero-order valence-electron chi connectivity index (χ0n) is 25.3. The fourth-order valence-corrected chi connectivity index (χ4v) is 8.39. The van der Waals surface area contributed by atoms with Gasteiger partial charge in [0.15, 0.2) is 5.03 Å². The summed E-state index contributed by atoms with van der Waals surface area (Å²) in [6.07, 6.45) is 6.68. The van der Waals surface area contributed by atoms with E-state index in [0.717, 1.165) is 55.3 Å². The summed E-state index contributed by atoms with van der Waals surface area (Å²) in [6, 6.07) is 16.5. The number of aliphatic carboxylic acids is 2. The number of imidazole rings is 1. The Labute approximate surface area is 267 Å². The molecule has 1 saturated heterocycles. The molecule has 1 aromatic heterocycles. The number of hydrogen-bond donors (Lipinski definition) is 2. The second-order valence-electron chi connectivity index (χ2n) is 12.2. The molecule has 3 aromatic rings. The molecule has 6 rings (SSSR count). The summed E-state index contributed by atoms with van der Waals surface area (Å²) < 4.78 is 34.8. The number of aromatic nitrogens is 2. The Bertz CT molecular complexity index is 1820. The fraction of sp³-hybridized carbons (Fsp3) is 0.394. The first-order valence-corrected chi connectivity index (χ1v) is 16.7. The Hall–Kier alpha value is -4.67. The molecule has 2 N–H and O–H groups in total. The highest BCUT2D eigenvalue weighted by Crippen LogP contribution is 2.49. The van der Waals surface area contributed by atoms with E-state index in [9.17, 15) is 33.5 Å². The number of hydrogen-bond acceptors (Lipinski definition) is 8.